The van der Waals surface area contributed by atoms with Crippen molar-refractivity contribution in [2.45, 2.75) is 45.1 Å². The summed E-state index contributed by atoms with van der Waals surface area (Å²) in [7, 11) is 0. The van der Waals surface area contributed by atoms with Crippen LogP contribution in [0.25, 0.3) is 6.08 Å². The monoisotopic (exact) mass is 377 g/mol. The fraction of sp³-hybridized carbons (Fsp3) is 0.600. The third-order valence-electron chi connectivity index (χ3n) is 5.17. The first-order valence-electron chi connectivity index (χ1n) is 9.63. The Bertz CT molecular complexity index is 644. The molecule has 0 amide bonds. The second-order valence-corrected chi connectivity index (χ2v) is 7.63. The van der Waals surface area contributed by atoms with Crippen molar-refractivity contribution in [1.29, 1.82) is 0 Å². The van der Waals surface area contributed by atoms with Gasteiger partial charge in [0.1, 0.15) is 5.82 Å². The Morgan fingerprint density at radius 3 is 2.96 bits per heavy atom. The Kier molecular flexibility index (Phi) is 6.92. The van der Waals surface area contributed by atoms with Crippen molar-refractivity contribution in [1.82, 2.24) is 9.88 Å². The van der Waals surface area contributed by atoms with Crippen LogP contribution < -0.4 is 5.32 Å². The zero-order valence-corrected chi connectivity index (χ0v) is 16.2. The Morgan fingerprint density at radius 1 is 1.42 bits per heavy atom. The number of rotatable bonds is 7. The number of aromatic nitrogens is 1. The lowest BCUT2D eigenvalue weighted by Crippen LogP contribution is -2.30. The van der Waals surface area contributed by atoms with Gasteiger partial charge in [-0.1, -0.05) is 24.4 Å². The molecule has 0 unspecified atom stereocenters. The molecule has 2 aliphatic rings. The fourth-order valence-electron chi connectivity index (χ4n) is 3.87. The third-order valence-corrected chi connectivity index (χ3v) is 5.45. The molecule has 5 nitrogen and oxygen atoms in total. The predicted octanol–water partition coefficient (Wildman–Crippen LogP) is 3.99. The van der Waals surface area contributed by atoms with Crippen molar-refractivity contribution >= 4 is 29.5 Å². The fourth-order valence-corrected chi connectivity index (χ4v) is 4.10. The molecule has 1 aliphatic carbocycles. The number of esters is 1. The van der Waals surface area contributed by atoms with Crippen molar-refractivity contribution in [3.05, 3.63) is 28.9 Å². The van der Waals surface area contributed by atoms with E-state index in [-0.39, 0.29) is 5.97 Å². The van der Waals surface area contributed by atoms with Crippen LogP contribution in [-0.2, 0) is 9.53 Å². The highest BCUT2D eigenvalue weighted by Crippen LogP contribution is 2.28. The van der Waals surface area contributed by atoms with Crippen LogP contribution in [0.15, 0.2) is 18.3 Å². The highest BCUT2D eigenvalue weighted by molar-refractivity contribution is 6.33. The molecule has 142 valence electrons. The molecule has 1 saturated carbocycles. The molecule has 1 aromatic heterocycles. The predicted molar refractivity (Wildman–Crippen MR) is 105 cm³/mol. The number of ether oxygens (including phenoxy) is 1. The molecular formula is C20H28ClN3O2. The van der Waals surface area contributed by atoms with Gasteiger partial charge in [0.25, 0.3) is 0 Å². The Hall–Kier alpha value is -1.59. The molecule has 1 aromatic rings. The molecule has 0 radical (unpaired) electrons. The lowest BCUT2D eigenvalue weighted by Gasteiger charge is -2.20. The number of likely N-dealkylation sites (tertiary alicyclic amines) is 1. The van der Waals surface area contributed by atoms with Crippen LogP contribution >= 0.6 is 11.6 Å². The second-order valence-electron chi connectivity index (χ2n) is 7.22. The van der Waals surface area contributed by atoms with Crippen molar-refractivity contribution in [3.8, 4) is 0 Å². The third kappa shape index (κ3) is 5.45. The average molecular weight is 378 g/mol. The summed E-state index contributed by atoms with van der Waals surface area (Å²) in [6.45, 7) is 5.58. The van der Waals surface area contributed by atoms with Gasteiger partial charge >= 0.3 is 5.97 Å². The highest BCUT2D eigenvalue weighted by Gasteiger charge is 2.26. The van der Waals surface area contributed by atoms with E-state index in [1.54, 1.807) is 19.2 Å². The number of anilines is 1. The first kappa shape index (κ1) is 19.2. The van der Waals surface area contributed by atoms with Crippen LogP contribution in [0.5, 0.6) is 0 Å². The minimum absolute atomic E-state index is 0.362. The molecule has 0 bridgehead atoms. The maximum atomic E-state index is 11.4. The van der Waals surface area contributed by atoms with E-state index in [9.17, 15) is 4.79 Å². The van der Waals surface area contributed by atoms with Crippen LogP contribution in [0.2, 0.25) is 5.02 Å². The van der Waals surface area contributed by atoms with Gasteiger partial charge in [0.05, 0.1) is 11.6 Å². The molecule has 1 aliphatic heterocycles. The van der Waals surface area contributed by atoms with Gasteiger partial charge in [-0.3, -0.25) is 0 Å². The summed E-state index contributed by atoms with van der Waals surface area (Å²) in [5, 5.41) is 4.05. The number of hydrogen-bond donors (Lipinski definition) is 1. The summed E-state index contributed by atoms with van der Waals surface area (Å²) in [4.78, 5) is 18.4. The van der Waals surface area contributed by atoms with E-state index in [4.69, 9.17) is 16.3 Å². The van der Waals surface area contributed by atoms with Gasteiger partial charge in [0, 0.05) is 37.9 Å². The lowest BCUT2D eigenvalue weighted by atomic mass is 10.1. The van der Waals surface area contributed by atoms with E-state index < -0.39 is 0 Å². The summed E-state index contributed by atoms with van der Waals surface area (Å²) in [5.41, 5.74) is 0.780. The van der Waals surface area contributed by atoms with Crippen molar-refractivity contribution in [3.63, 3.8) is 0 Å². The van der Waals surface area contributed by atoms with Crippen LogP contribution in [-0.4, -0.2) is 48.1 Å². The maximum absolute atomic E-state index is 11.4. The smallest absolute Gasteiger partial charge is 0.330 e. The molecule has 0 aromatic carbocycles. The van der Waals surface area contributed by atoms with Crippen molar-refractivity contribution < 1.29 is 9.53 Å². The Balaban J connectivity index is 1.51. The number of nitrogens with zero attached hydrogens (tertiary/aromatic N) is 2. The zero-order valence-electron chi connectivity index (χ0n) is 15.4. The number of halogens is 1. The summed E-state index contributed by atoms with van der Waals surface area (Å²) < 4.78 is 4.87. The molecule has 1 saturated heterocycles. The van der Waals surface area contributed by atoms with Gasteiger partial charge in [-0.05, 0) is 49.8 Å². The summed E-state index contributed by atoms with van der Waals surface area (Å²) >= 11 is 6.37. The maximum Gasteiger partial charge on any atom is 0.330 e. The Morgan fingerprint density at radius 2 is 2.23 bits per heavy atom. The van der Waals surface area contributed by atoms with E-state index in [1.807, 2.05) is 6.07 Å². The van der Waals surface area contributed by atoms with Crippen LogP contribution in [0.1, 0.15) is 44.6 Å². The molecule has 26 heavy (non-hydrogen) atoms. The molecule has 1 atom stereocenters. The van der Waals surface area contributed by atoms with Gasteiger partial charge in [-0.2, -0.15) is 0 Å². The topological polar surface area (TPSA) is 54.5 Å². The molecular weight excluding hydrogens is 350 g/mol. The number of hydrogen-bond acceptors (Lipinski definition) is 5. The second kappa shape index (κ2) is 9.38. The SMILES string of the molecule is CCOC(=O)C=Cc1cnc(N[C@@H]2CCN(CC3CCCC3)C2)c(Cl)c1. The molecule has 3 rings (SSSR count). The lowest BCUT2D eigenvalue weighted by molar-refractivity contribution is -0.137. The first-order chi connectivity index (χ1) is 12.6. The van der Waals surface area contributed by atoms with E-state index in [1.165, 1.54) is 38.3 Å². The van der Waals surface area contributed by atoms with Gasteiger partial charge in [0.15, 0.2) is 0 Å². The average Bonchev–Trinajstić information content (AvgIpc) is 3.28. The van der Waals surface area contributed by atoms with Crippen molar-refractivity contribution in [2.75, 3.05) is 31.6 Å². The summed E-state index contributed by atoms with van der Waals surface area (Å²) in [6.07, 6.45) is 11.5. The van der Waals surface area contributed by atoms with Crippen LogP contribution in [0, 0.1) is 5.92 Å². The minimum Gasteiger partial charge on any atom is -0.463 e. The molecule has 2 fully saturated rings. The number of carbonyl (C=O) groups excluding carboxylic acids is 1. The highest BCUT2D eigenvalue weighted by atomic mass is 35.5. The van der Waals surface area contributed by atoms with E-state index in [0.29, 0.717) is 23.5 Å². The number of carbonyl (C=O) groups is 1. The first-order valence-corrected chi connectivity index (χ1v) is 10.0. The largest absolute Gasteiger partial charge is 0.463 e. The van der Waals surface area contributed by atoms with Gasteiger partial charge in [0.2, 0.25) is 0 Å². The van der Waals surface area contributed by atoms with Crippen molar-refractivity contribution in [2.24, 2.45) is 5.92 Å². The standard InChI is InChI=1S/C20H28ClN3O2/c1-2-26-19(25)8-7-16-11-18(21)20(22-12-16)23-17-9-10-24(14-17)13-15-5-3-4-6-15/h7-8,11-12,15,17H,2-6,9-10,13-14H2,1H3,(H,22,23)/t17-/m1/s1. The van der Waals surface area contributed by atoms with Crippen LogP contribution in [0.3, 0.4) is 0 Å². The minimum atomic E-state index is -0.362. The Labute approximate surface area is 160 Å². The van der Waals surface area contributed by atoms with Gasteiger partial charge < -0.3 is 15.0 Å². The normalized spacial score (nSPS) is 21.5. The van der Waals surface area contributed by atoms with Gasteiger partial charge in [-0.15, -0.1) is 0 Å². The summed E-state index contributed by atoms with van der Waals surface area (Å²) in [5.74, 6) is 1.24. The zero-order chi connectivity index (χ0) is 18.4. The van der Waals surface area contributed by atoms with E-state index >= 15 is 0 Å². The number of pyridine rings is 1. The molecule has 1 N–H and O–H groups in total. The molecule has 2 heterocycles. The molecule has 6 heteroatoms. The van der Waals surface area contributed by atoms with E-state index in [0.717, 1.165) is 31.0 Å². The molecule has 0 spiro atoms. The number of nitrogens with one attached hydrogen (secondary N) is 1. The van der Waals surface area contributed by atoms with E-state index in [2.05, 4.69) is 15.2 Å². The van der Waals surface area contributed by atoms with Crippen LogP contribution in [0.4, 0.5) is 5.82 Å². The van der Waals surface area contributed by atoms with Gasteiger partial charge in [-0.25, -0.2) is 9.78 Å². The quantitative estimate of drug-likeness (QED) is 0.575. The summed E-state index contributed by atoms with van der Waals surface area (Å²) in [6, 6.07) is 2.21.